The molecule has 85 valence electrons. The lowest BCUT2D eigenvalue weighted by Gasteiger charge is -2.14. The zero-order chi connectivity index (χ0) is 11.6. The molecule has 0 aromatic carbocycles. The Labute approximate surface area is 87.8 Å². The maximum atomic E-state index is 10.6. The molecular weight excluding hydrogens is 256 g/mol. The fourth-order valence-electron chi connectivity index (χ4n) is 0.781. The lowest BCUT2D eigenvalue weighted by Crippen LogP contribution is -2.30. The van der Waals surface area contributed by atoms with Gasteiger partial charge in [-0.05, 0) is 13.3 Å². The number of rotatable bonds is 5. The van der Waals surface area contributed by atoms with Crippen LogP contribution in [0.25, 0.3) is 0 Å². The average molecular weight is 266 g/mol. The number of hydrogen-bond acceptors (Lipinski definition) is 4. The van der Waals surface area contributed by atoms with Crippen molar-refractivity contribution in [2.75, 3.05) is 5.75 Å². The van der Waals surface area contributed by atoms with Crippen LogP contribution in [0.4, 0.5) is 0 Å². The van der Waals surface area contributed by atoms with Crippen LogP contribution >= 0.6 is 11.6 Å². The molecule has 2 atom stereocenters. The number of alkyl halides is 1. The van der Waals surface area contributed by atoms with Gasteiger partial charge in [-0.2, -0.15) is 16.8 Å². The summed E-state index contributed by atoms with van der Waals surface area (Å²) >= 11 is 5.33. The summed E-state index contributed by atoms with van der Waals surface area (Å²) in [6, 6.07) is 0. The Morgan fingerprint density at radius 1 is 1.21 bits per heavy atom. The minimum absolute atomic E-state index is 0.505. The van der Waals surface area contributed by atoms with Gasteiger partial charge in [0.25, 0.3) is 20.2 Å². The first-order valence-electron chi connectivity index (χ1n) is 3.42. The highest BCUT2D eigenvalue weighted by Crippen LogP contribution is 2.15. The molecule has 0 aromatic rings. The molecule has 14 heavy (non-hydrogen) atoms. The summed E-state index contributed by atoms with van der Waals surface area (Å²) in [6.45, 7) is 3.16. The predicted octanol–water partition coefficient (Wildman–Crippen LogP) is -0.0378. The predicted molar refractivity (Wildman–Crippen MR) is 51.4 cm³/mol. The van der Waals surface area contributed by atoms with Crippen LogP contribution in [0.2, 0.25) is 0 Å². The molecule has 6 nitrogen and oxygen atoms in total. The van der Waals surface area contributed by atoms with E-state index in [2.05, 4.69) is 6.92 Å². The van der Waals surface area contributed by atoms with Crippen molar-refractivity contribution in [2.45, 2.75) is 17.0 Å². The molecule has 0 heterocycles. The molecule has 1 radical (unpaired) electrons. The summed E-state index contributed by atoms with van der Waals surface area (Å²) < 4.78 is 58.9. The fourth-order valence-corrected chi connectivity index (χ4v) is 2.79. The van der Waals surface area contributed by atoms with E-state index in [0.29, 0.717) is 0 Å². The van der Waals surface area contributed by atoms with Crippen LogP contribution < -0.4 is 0 Å². The Balaban J connectivity index is 4.59. The number of hydrogen-bond donors (Lipinski definition) is 2. The van der Waals surface area contributed by atoms with Gasteiger partial charge in [-0.15, -0.1) is 11.6 Å². The first kappa shape index (κ1) is 14.1. The van der Waals surface area contributed by atoms with E-state index in [4.69, 9.17) is 20.7 Å². The average Bonchev–Trinajstić information content (AvgIpc) is 1.79. The normalized spacial score (nSPS) is 17.7. The van der Waals surface area contributed by atoms with Crippen molar-refractivity contribution in [3.05, 3.63) is 6.92 Å². The highest BCUT2D eigenvalue weighted by atomic mass is 35.5. The minimum atomic E-state index is -4.46. The van der Waals surface area contributed by atoms with E-state index in [1.807, 2.05) is 0 Å². The highest BCUT2D eigenvalue weighted by Gasteiger charge is 2.29. The quantitative estimate of drug-likeness (QED) is 0.533. The third kappa shape index (κ3) is 5.76. The van der Waals surface area contributed by atoms with Crippen LogP contribution in [0.15, 0.2) is 0 Å². The van der Waals surface area contributed by atoms with Gasteiger partial charge in [-0.1, -0.05) is 0 Å². The van der Waals surface area contributed by atoms with Gasteiger partial charge in [0.15, 0.2) is 0 Å². The monoisotopic (exact) mass is 265 g/mol. The van der Waals surface area contributed by atoms with Crippen LogP contribution in [-0.2, 0) is 20.2 Å². The Kier molecular flexibility index (Phi) is 4.79. The molecule has 0 aliphatic rings. The first-order valence-corrected chi connectivity index (χ1v) is 6.97. The molecular formula is C5H10ClO6S2. The topological polar surface area (TPSA) is 109 Å². The van der Waals surface area contributed by atoms with Gasteiger partial charge in [0.05, 0.1) is 11.1 Å². The molecule has 2 unspecified atom stereocenters. The summed E-state index contributed by atoms with van der Waals surface area (Å²) in [7, 11) is -8.73. The van der Waals surface area contributed by atoms with E-state index < -0.39 is 43.0 Å². The summed E-state index contributed by atoms with van der Waals surface area (Å²) in [5.41, 5.74) is 0. The first-order chi connectivity index (χ1) is 6.04. The van der Waals surface area contributed by atoms with Crippen LogP contribution in [0.3, 0.4) is 0 Å². The molecule has 0 saturated carbocycles. The van der Waals surface area contributed by atoms with E-state index in [9.17, 15) is 16.8 Å². The van der Waals surface area contributed by atoms with Crippen molar-refractivity contribution in [3.63, 3.8) is 0 Å². The molecule has 0 aromatic heterocycles. The Hall–Kier alpha value is 0.110. The van der Waals surface area contributed by atoms with Crippen molar-refractivity contribution in [1.82, 2.24) is 0 Å². The molecule has 0 spiro atoms. The molecule has 0 fully saturated rings. The summed E-state index contributed by atoms with van der Waals surface area (Å²) in [5, 5.41) is -2.70. The largest absolute Gasteiger partial charge is 0.286 e. The van der Waals surface area contributed by atoms with Crippen LogP contribution in [0, 0.1) is 6.92 Å². The van der Waals surface area contributed by atoms with E-state index in [-0.39, 0.29) is 0 Å². The van der Waals surface area contributed by atoms with Crippen molar-refractivity contribution in [3.8, 4) is 0 Å². The third-order valence-corrected chi connectivity index (χ3v) is 3.98. The molecule has 2 N–H and O–H groups in total. The Morgan fingerprint density at radius 2 is 1.64 bits per heavy atom. The zero-order valence-electron chi connectivity index (χ0n) is 7.00. The Bertz CT molecular complexity index is 369. The second kappa shape index (κ2) is 4.75. The van der Waals surface area contributed by atoms with Gasteiger partial charge in [0.1, 0.15) is 5.25 Å². The van der Waals surface area contributed by atoms with Gasteiger partial charge in [-0.3, -0.25) is 9.11 Å². The maximum absolute atomic E-state index is 10.6. The van der Waals surface area contributed by atoms with Gasteiger partial charge in [0.2, 0.25) is 0 Å². The molecule has 0 aliphatic heterocycles. The zero-order valence-corrected chi connectivity index (χ0v) is 9.39. The van der Waals surface area contributed by atoms with E-state index >= 15 is 0 Å². The summed E-state index contributed by atoms with van der Waals surface area (Å²) in [6.07, 6.45) is -0.505. The molecule has 0 amide bonds. The van der Waals surface area contributed by atoms with E-state index in [1.54, 1.807) is 0 Å². The second-order valence-corrected chi connectivity index (χ2v) is 6.41. The van der Waals surface area contributed by atoms with E-state index in [1.165, 1.54) is 0 Å². The van der Waals surface area contributed by atoms with Crippen LogP contribution in [-0.4, -0.2) is 42.3 Å². The van der Waals surface area contributed by atoms with Gasteiger partial charge >= 0.3 is 0 Å². The van der Waals surface area contributed by atoms with E-state index in [0.717, 1.165) is 0 Å². The Morgan fingerprint density at radius 3 is 1.86 bits per heavy atom. The highest BCUT2D eigenvalue weighted by molar-refractivity contribution is 7.87. The van der Waals surface area contributed by atoms with Crippen molar-refractivity contribution in [1.29, 1.82) is 0 Å². The molecule has 9 heteroatoms. The maximum Gasteiger partial charge on any atom is 0.269 e. The van der Waals surface area contributed by atoms with Gasteiger partial charge < -0.3 is 0 Å². The number of halogens is 1. The fraction of sp³-hybridized carbons (Fsp3) is 0.800. The van der Waals surface area contributed by atoms with Crippen molar-refractivity contribution < 1.29 is 25.9 Å². The van der Waals surface area contributed by atoms with Crippen LogP contribution in [0.5, 0.6) is 0 Å². The second-order valence-electron chi connectivity index (χ2n) is 2.64. The van der Waals surface area contributed by atoms with Crippen molar-refractivity contribution in [2.24, 2.45) is 0 Å². The standard InChI is InChI=1S/C5H10ClO6S2/c1-4(6)5(14(10,11)12)2-3-13(7,8)9/h4-5H,1-3H2,(H,7,8,9)(H,10,11,12). The lowest BCUT2D eigenvalue weighted by molar-refractivity contribution is 0.460. The van der Waals surface area contributed by atoms with Gasteiger partial charge in [0, 0.05) is 0 Å². The molecule has 0 rings (SSSR count). The van der Waals surface area contributed by atoms with Gasteiger partial charge in [-0.25, -0.2) is 0 Å². The summed E-state index contributed by atoms with van der Waals surface area (Å²) in [4.78, 5) is 0. The molecule has 0 aliphatic carbocycles. The minimum Gasteiger partial charge on any atom is -0.286 e. The van der Waals surface area contributed by atoms with Crippen LogP contribution in [0.1, 0.15) is 6.42 Å². The lowest BCUT2D eigenvalue weighted by atomic mass is 10.3. The molecule has 0 bridgehead atoms. The molecule has 0 saturated heterocycles. The van der Waals surface area contributed by atoms with Crippen molar-refractivity contribution >= 4 is 31.8 Å². The SMILES string of the molecule is [CH2]C(Cl)C(CCS(=O)(=O)O)S(=O)(=O)O. The third-order valence-electron chi connectivity index (χ3n) is 1.45. The smallest absolute Gasteiger partial charge is 0.269 e. The summed E-state index contributed by atoms with van der Waals surface area (Å²) in [5.74, 6) is -0.795.